The van der Waals surface area contributed by atoms with Gasteiger partial charge in [0.05, 0.1) is 17.8 Å². The summed E-state index contributed by atoms with van der Waals surface area (Å²) in [5.41, 5.74) is 2.11. The fourth-order valence-electron chi connectivity index (χ4n) is 2.64. The van der Waals surface area contributed by atoms with E-state index in [1.807, 2.05) is 31.2 Å². The van der Waals surface area contributed by atoms with Crippen molar-refractivity contribution in [1.82, 2.24) is 9.97 Å². The second kappa shape index (κ2) is 10.2. The fraction of sp³-hybridized carbons (Fsp3) is 0.190. The molecule has 0 saturated carbocycles. The van der Waals surface area contributed by atoms with Crippen LogP contribution in [-0.4, -0.2) is 35.7 Å². The quantitative estimate of drug-likeness (QED) is 0.253. The molecule has 0 atom stereocenters. The third-order valence-electron chi connectivity index (χ3n) is 3.96. The molecule has 2 aromatic carbocycles. The maximum atomic E-state index is 11.9. The molecule has 8 heteroatoms. The molecule has 0 bridgehead atoms. The largest absolute Gasteiger partial charge is 0.489 e. The molecule has 2 N–H and O–H groups in total. The van der Waals surface area contributed by atoms with Gasteiger partial charge in [-0.1, -0.05) is 12.6 Å². The Morgan fingerprint density at radius 1 is 1.24 bits per heavy atom. The molecule has 1 amide bonds. The van der Waals surface area contributed by atoms with Crippen molar-refractivity contribution < 1.29 is 14.3 Å². The highest BCUT2D eigenvalue weighted by Gasteiger charge is 2.13. The van der Waals surface area contributed by atoms with Gasteiger partial charge in [0.25, 0.3) is 0 Å². The molecule has 0 unspecified atom stereocenters. The second-order valence-corrected chi connectivity index (χ2v) is 7.21. The molecule has 7 nitrogen and oxygen atoms in total. The van der Waals surface area contributed by atoms with Crippen LogP contribution in [0.3, 0.4) is 0 Å². The van der Waals surface area contributed by atoms with Crippen LogP contribution in [0.25, 0.3) is 10.9 Å². The Balaban J connectivity index is 1.98. The van der Waals surface area contributed by atoms with Crippen LogP contribution in [0, 0.1) is 3.57 Å². The third kappa shape index (κ3) is 5.64. The van der Waals surface area contributed by atoms with E-state index in [2.05, 4.69) is 49.8 Å². The van der Waals surface area contributed by atoms with Gasteiger partial charge in [-0.15, -0.1) is 0 Å². The van der Waals surface area contributed by atoms with Gasteiger partial charge in [0.1, 0.15) is 24.5 Å². The average Bonchev–Trinajstić information content (AvgIpc) is 2.71. The summed E-state index contributed by atoms with van der Waals surface area (Å²) in [5.74, 6) is 0.807. The summed E-state index contributed by atoms with van der Waals surface area (Å²) < 4.78 is 12.2. The first kappa shape index (κ1) is 21.0. The van der Waals surface area contributed by atoms with E-state index >= 15 is 0 Å². The Bertz CT molecular complexity index is 1030. The molecule has 3 aromatic rings. The van der Waals surface area contributed by atoms with E-state index in [1.165, 1.54) is 12.4 Å². The standard InChI is InChI=1S/C21H21IN4O3/c1-3-20(27)26-18-11-16-17(12-19(18)29-9-8-28-4-2)23-13-24-21(16)25-15-7-5-6-14(22)10-15/h3,5-7,10-13H,1,4,8-9H2,2H3,(H,26,27)(H,23,24,25). The van der Waals surface area contributed by atoms with Gasteiger partial charge in [0.2, 0.25) is 5.91 Å². The molecule has 0 radical (unpaired) electrons. The van der Waals surface area contributed by atoms with E-state index < -0.39 is 0 Å². The highest BCUT2D eigenvalue weighted by Crippen LogP contribution is 2.33. The lowest BCUT2D eigenvalue weighted by Gasteiger charge is -2.15. The number of amides is 1. The Hall–Kier alpha value is -2.72. The minimum Gasteiger partial charge on any atom is -0.489 e. The van der Waals surface area contributed by atoms with Crippen molar-refractivity contribution in [3.05, 3.63) is 59.0 Å². The van der Waals surface area contributed by atoms with Crippen LogP contribution < -0.4 is 15.4 Å². The summed E-state index contributed by atoms with van der Waals surface area (Å²) in [5, 5.41) is 6.85. The van der Waals surface area contributed by atoms with Crippen molar-refractivity contribution >= 4 is 56.6 Å². The summed E-state index contributed by atoms with van der Waals surface area (Å²) in [6.45, 7) is 6.85. The number of halogens is 1. The normalized spacial score (nSPS) is 10.6. The van der Waals surface area contributed by atoms with Crippen LogP contribution in [0.2, 0.25) is 0 Å². The van der Waals surface area contributed by atoms with Gasteiger partial charge in [-0.25, -0.2) is 9.97 Å². The predicted molar refractivity (Wildman–Crippen MR) is 123 cm³/mol. The minimum absolute atomic E-state index is 0.331. The Kier molecular flexibility index (Phi) is 7.36. The Labute approximate surface area is 182 Å². The molecular weight excluding hydrogens is 483 g/mol. The van der Waals surface area contributed by atoms with E-state index in [4.69, 9.17) is 9.47 Å². The summed E-state index contributed by atoms with van der Waals surface area (Å²) in [6.07, 6.45) is 2.70. The van der Waals surface area contributed by atoms with Crippen LogP contribution in [0.4, 0.5) is 17.2 Å². The molecule has 3 rings (SSSR count). The lowest BCUT2D eigenvalue weighted by molar-refractivity contribution is -0.111. The van der Waals surface area contributed by atoms with E-state index in [9.17, 15) is 4.79 Å². The van der Waals surface area contributed by atoms with Crippen LogP contribution in [0.15, 0.2) is 55.4 Å². The van der Waals surface area contributed by atoms with Crippen LogP contribution >= 0.6 is 22.6 Å². The molecule has 0 aliphatic carbocycles. The number of rotatable bonds is 9. The highest BCUT2D eigenvalue weighted by molar-refractivity contribution is 14.1. The number of carbonyl (C=O) groups is 1. The smallest absolute Gasteiger partial charge is 0.247 e. The molecule has 29 heavy (non-hydrogen) atoms. The number of carbonyl (C=O) groups excluding carboxylic acids is 1. The van der Waals surface area contributed by atoms with Gasteiger partial charge in [-0.2, -0.15) is 0 Å². The number of nitrogens with one attached hydrogen (secondary N) is 2. The fourth-order valence-corrected chi connectivity index (χ4v) is 3.19. The molecular formula is C21H21IN4O3. The summed E-state index contributed by atoms with van der Waals surface area (Å²) >= 11 is 2.26. The van der Waals surface area contributed by atoms with E-state index in [1.54, 1.807) is 12.1 Å². The molecule has 0 saturated heterocycles. The number of ether oxygens (including phenoxy) is 2. The predicted octanol–water partition coefficient (Wildman–Crippen LogP) is 4.52. The lowest BCUT2D eigenvalue weighted by Crippen LogP contribution is -2.12. The van der Waals surface area contributed by atoms with Gasteiger partial charge in [-0.05, 0) is 59.9 Å². The number of hydrogen-bond acceptors (Lipinski definition) is 6. The minimum atomic E-state index is -0.331. The topological polar surface area (TPSA) is 85.4 Å². The first-order chi connectivity index (χ1) is 14.1. The molecule has 0 aliphatic rings. The maximum absolute atomic E-state index is 11.9. The van der Waals surface area contributed by atoms with Crippen molar-refractivity contribution in [3.63, 3.8) is 0 Å². The van der Waals surface area contributed by atoms with Crippen LogP contribution in [0.5, 0.6) is 5.75 Å². The SMILES string of the molecule is C=CC(=O)Nc1cc2c(Nc3cccc(I)c3)ncnc2cc1OCCOCC. The second-order valence-electron chi connectivity index (χ2n) is 5.96. The Morgan fingerprint density at radius 3 is 2.86 bits per heavy atom. The van der Waals surface area contributed by atoms with E-state index in [-0.39, 0.29) is 5.91 Å². The molecule has 0 aliphatic heterocycles. The number of benzene rings is 2. The van der Waals surface area contributed by atoms with Crippen molar-refractivity contribution in [1.29, 1.82) is 0 Å². The first-order valence-electron chi connectivity index (χ1n) is 9.06. The zero-order chi connectivity index (χ0) is 20.6. The average molecular weight is 504 g/mol. The molecule has 0 fully saturated rings. The maximum Gasteiger partial charge on any atom is 0.247 e. The van der Waals surface area contributed by atoms with E-state index in [0.717, 1.165) is 14.6 Å². The summed E-state index contributed by atoms with van der Waals surface area (Å²) in [6, 6.07) is 11.5. The van der Waals surface area contributed by atoms with Crippen LogP contribution in [-0.2, 0) is 9.53 Å². The first-order valence-corrected chi connectivity index (χ1v) is 10.1. The molecule has 150 valence electrons. The monoisotopic (exact) mass is 504 g/mol. The summed E-state index contributed by atoms with van der Waals surface area (Å²) in [4.78, 5) is 20.6. The number of anilines is 3. The van der Waals surface area contributed by atoms with Crippen molar-refractivity contribution in [3.8, 4) is 5.75 Å². The van der Waals surface area contributed by atoms with E-state index in [0.29, 0.717) is 42.6 Å². The van der Waals surface area contributed by atoms with Crippen molar-refractivity contribution in [2.24, 2.45) is 0 Å². The zero-order valence-corrected chi connectivity index (χ0v) is 18.1. The molecule has 0 spiro atoms. The lowest BCUT2D eigenvalue weighted by atomic mass is 10.1. The molecule has 1 heterocycles. The number of aromatic nitrogens is 2. The Morgan fingerprint density at radius 2 is 2.10 bits per heavy atom. The highest BCUT2D eigenvalue weighted by atomic mass is 127. The third-order valence-corrected chi connectivity index (χ3v) is 4.63. The van der Waals surface area contributed by atoms with Gasteiger partial charge in [-0.3, -0.25) is 4.79 Å². The number of fused-ring (bicyclic) bond motifs is 1. The van der Waals surface area contributed by atoms with Crippen molar-refractivity contribution in [2.75, 3.05) is 30.5 Å². The van der Waals surface area contributed by atoms with Gasteiger partial charge in [0.15, 0.2) is 0 Å². The molecule has 1 aromatic heterocycles. The van der Waals surface area contributed by atoms with Gasteiger partial charge >= 0.3 is 0 Å². The van der Waals surface area contributed by atoms with Crippen molar-refractivity contribution in [2.45, 2.75) is 6.92 Å². The zero-order valence-electron chi connectivity index (χ0n) is 15.9. The van der Waals surface area contributed by atoms with Gasteiger partial charge < -0.3 is 20.1 Å². The van der Waals surface area contributed by atoms with Gasteiger partial charge in [0, 0.05) is 27.3 Å². The number of nitrogens with zero attached hydrogens (tertiary/aromatic N) is 2. The summed E-state index contributed by atoms with van der Waals surface area (Å²) in [7, 11) is 0. The number of hydrogen-bond donors (Lipinski definition) is 2. The van der Waals surface area contributed by atoms with Crippen LogP contribution in [0.1, 0.15) is 6.92 Å².